The third-order valence-electron chi connectivity index (χ3n) is 2.40. The fourth-order valence-electron chi connectivity index (χ4n) is 1.53. The zero-order valence-electron chi connectivity index (χ0n) is 9.93. The maximum Gasteiger partial charge on any atom is 0.267 e. The number of rotatable bonds is 5. The van der Waals surface area contributed by atoms with Gasteiger partial charge in [0.2, 0.25) is 0 Å². The second-order valence-corrected chi connectivity index (χ2v) is 5.63. The molecule has 0 aliphatic carbocycles. The van der Waals surface area contributed by atoms with E-state index in [1.165, 1.54) is 5.56 Å². The van der Waals surface area contributed by atoms with Crippen molar-refractivity contribution in [1.29, 1.82) is 0 Å². The van der Waals surface area contributed by atoms with Crippen LogP contribution in [0.25, 0.3) is 0 Å². The van der Waals surface area contributed by atoms with Crippen LogP contribution < -0.4 is 0 Å². The predicted molar refractivity (Wildman–Crippen MR) is 65.0 cm³/mol. The van der Waals surface area contributed by atoms with E-state index < -0.39 is 10.1 Å². The minimum atomic E-state index is -3.39. The lowest BCUT2D eigenvalue weighted by Gasteiger charge is -2.12. The summed E-state index contributed by atoms with van der Waals surface area (Å²) in [6.07, 6.45) is 0. The van der Waals surface area contributed by atoms with Gasteiger partial charge in [-0.15, -0.1) is 0 Å². The molecule has 0 aliphatic heterocycles. The van der Waals surface area contributed by atoms with E-state index >= 15 is 0 Å². The second kappa shape index (κ2) is 5.46. The van der Waals surface area contributed by atoms with Gasteiger partial charge in [0, 0.05) is 0 Å². The highest BCUT2D eigenvalue weighted by molar-refractivity contribution is 7.86. The van der Waals surface area contributed by atoms with Gasteiger partial charge in [-0.3, -0.25) is 4.18 Å². The average molecular weight is 242 g/mol. The van der Waals surface area contributed by atoms with E-state index in [9.17, 15) is 8.42 Å². The lowest BCUT2D eigenvalue weighted by molar-refractivity contribution is 0.336. The van der Waals surface area contributed by atoms with Crippen molar-refractivity contribution in [2.75, 3.05) is 12.4 Å². The third kappa shape index (κ3) is 3.94. The molecule has 0 saturated heterocycles. The lowest BCUT2D eigenvalue weighted by atomic mass is 10.0. The summed E-state index contributed by atoms with van der Waals surface area (Å²) in [5.41, 5.74) is 2.19. The first-order valence-electron chi connectivity index (χ1n) is 5.38. The Morgan fingerprint density at radius 2 is 1.81 bits per heavy atom. The first kappa shape index (κ1) is 13.2. The molecule has 0 amide bonds. The van der Waals surface area contributed by atoms with Gasteiger partial charge in [0.15, 0.2) is 0 Å². The average Bonchev–Trinajstić information content (AvgIpc) is 2.17. The predicted octanol–water partition coefficient (Wildman–Crippen LogP) is 2.46. The van der Waals surface area contributed by atoms with Crippen LogP contribution in [0.1, 0.15) is 30.9 Å². The highest BCUT2D eigenvalue weighted by atomic mass is 32.2. The van der Waals surface area contributed by atoms with E-state index in [4.69, 9.17) is 4.18 Å². The first-order valence-corrected chi connectivity index (χ1v) is 6.96. The van der Waals surface area contributed by atoms with Crippen LogP contribution in [0.15, 0.2) is 24.3 Å². The highest BCUT2D eigenvalue weighted by Gasteiger charge is 2.17. The van der Waals surface area contributed by atoms with Crippen LogP contribution in [0.3, 0.4) is 0 Å². The van der Waals surface area contributed by atoms with E-state index in [1.807, 2.05) is 38.1 Å². The molecule has 0 spiro atoms. The van der Waals surface area contributed by atoms with Crippen molar-refractivity contribution < 1.29 is 12.6 Å². The van der Waals surface area contributed by atoms with Gasteiger partial charge in [0.05, 0.1) is 12.4 Å². The second-order valence-electron chi connectivity index (χ2n) is 3.94. The van der Waals surface area contributed by atoms with Crippen molar-refractivity contribution in [2.24, 2.45) is 0 Å². The standard InChI is InChI=1S/C12H18O3S/c1-4-15-16(13,14)9-11(3)12-7-5-10(2)6-8-12/h5-8,11H,4,9H2,1-3H3. The smallest absolute Gasteiger partial charge is 0.267 e. The summed E-state index contributed by atoms with van der Waals surface area (Å²) in [5.74, 6) is -0.0127. The molecule has 1 unspecified atom stereocenters. The van der Waals surface area contributed by atoms with Crippen LogP contribution in [0, 0.1) is 6.92 Å². The Kier molecular flexibility index (Phi) is 4.50. The zero-order chi connectivity index (χ0) is 12.2. The van der Waals surface area contributed by atoms with Crippen LogP contribution in [0.4, 0.5) is 0 Å². The molecule has 0 radical (unpaired) electrons. The Morgan fingerprint density at radius 3 is 2.31 bits per heavy atom. The Hall–Kier alpha value is -0.870. The number of hydrogen-bond acceptors (Lipinski definition) is 3. The number of benzene rings is 1. The number of aryl methyl sites for hydroxylation is 1. The van der Waals surface area contributed by atoms with Crippen LogP contribution in [0.5, 0.6) is 0 Å². The minimum absolute atomic E-state index is 0.0316. The highest BCUT2D eigenvalue weighted by Crippen LogP contribution is 2.18. The summed E-state index contributed by atoms with van der Waals surface area (Å²) in [7, 11) is -3.39. The maximum absolute atomic E-state index is 11.5. The van der Waals surface area contributed by atoms with Crippen LogP contribution in [0.2, 0.25) is 0 Å². The SMILES string of the molecule is CCOS(=O)(=O)CC(C)c1ccc(C)cc1. The maximum atomic E-state index is 11.5. The lowest BCUT2D eigenvalue weighted by Crippen LogP contribution is -2.15. The molecule has 3 nitrogen and oxygen atoms in total. The van der Waals surface area contributed by atoms with Gasteiger partial charge in [-0.05, 0) is 25.3 Å². The van der Waals surface area contributed by atoms with Crippen molar-refractivity contribution in [3.63, 3.8) is 0 Å². The molecule has 0 saturated carbocycles. The molecule has 1 atom stereocenters. The summed E-state index contributed by atoms with van der Waals surface area (Å²) in [6.45, 7) is 5.77. The monoisotopic (exact) mass is 242 g/mol. The van der Waals surface area contributed by atoms with Gasteiger partial charge >= 0.3 is 0 Å². The topological polar surface area (TPSA) is 43.4 Å². The van der Waals surface area contributed by atoms with Crippen molar-refractivity contribution in [3.8, 4) is 0 Å². The van der Waals surface area contributed by atoms with E-state index in [0.717, 1.165) is 5.56 Å². The van der Waals surface area contributed by atoms with Gasteiger partial charge in [0.25, 0.3) is 10.1 Å². The minimum Gasteiger partial charge on any atom is -0.270 e. The molecule has 0 aliphatic rings. The Morgan fingerprint density at radius 1 is 1.25 bits per heavy atom. The molecule has 0 fully saturated rings. The molecular formula is C12H18O3S. The molecule has 90 valence electrons. The van der Waals surface area contributed by atoms with Gasteiger partial charge < -0.3 is 0 Å². The first-order chi connectivity index (χ1) is 7.44. The van der Waals surface area contributed by atoms with E-state index in [2.05, 4.69) is 0 Å². The van der Waals surface area contributed by atoms with Gasteiger partial charge in [0.1, 0.15) is 0 Å². The van der Waals surface area contributed by atoms with E-state index in [1.54, 1.807) is 6.92 Å². The molecule has 1 aromatic rings. The quantitative estimate of drug-likeness (QED) is 0.745. The summed E-state index contributed by atoms with van der Waals surface area (Å²) in [5, 5.41) is 0. The Bertz CT molecular complexity index is 420. The van der Waals surface area contributed by atoms with Crippen molar-refractivity contribution >= 4 is 10.1 Å². The Labute approximate surface area is 97.6 Å². The van der Waals surface area contributed by atoms with Crippen LogP contribution in [-0.2, 0) is 14.3 Å². The summed E-state index contributed by atoms with van der Waals surface area (Å²) < 4.78 is 27.6. The van der Waals surface area contributed by atoms with Crippen LogP contribution in [-0.4, -0.2) is 20.8 Å². The molecule has 0 heterocycles. The molecule has 0 bridgehead atoms. The largest absolute Gasteiger partial charge is 0.270 e. The normalized spacial score (nSPS) is 13.7. The zero-order valence-corrected chi connectivity index (χ0v) is 10.8. The molecule has 0 aromatic heterocycles. The van der Waals surface area contributed by atoms with Crippen LogP contribution >= 0.6 is 0 Å². The number of hydrogen-bond donors (Lipinski definition) is 0. The van der Waals surface area contributed by atoms with E-state index in [0.29, 0.717) is 0 Å². The van der Waals surface area contributed by atoms with Gasteiger partial charge in [-0.2, -0.15) is 8.42 Å². The summed E-state index contributed by atoms with van der Waals surface area (Å²) in [4.78, 5) is 0. The summed E-state index contributed by atoms with van der Waals surface area (Å²) >= 11 is 0. The van der Waals surface area contributed by atoms with Crippen molar-refractivity contribution in [2.45, 2.75) is 26.7 Å². The third-order valence-corrected chi connectivity index (χ3v) is 3.90. The van der Waals surface area contributed by atoms with Crippen molar-refractivity contribution in [1.82, 2.24) is 0 Å². The molecule has 1 aromatic carbocycles. The summed E-state index contributed by atoms with van der Waals surface area (Å²) in [6, 6.07) is 7.89. The van der Waals surface area contributed by atoms with Gasteiger partial charge in [-0.25, -0.2) is 0 Å². The fraction of sp³-hybridized carbons (Fsp3) is 0.500. The molecule has 0 N–H and O–H groups in total. The molecule has 1 rings (SSSR count). The molecule has 16 heavy (non-hydrogen) atoms. The molecular weight excluding hydrogens is 224 g/mol. The Balaban J connectivity index is 2.72. The van der Waals surface area contributed by atoms with E-state index in [-0.39, 0.29) is 18.3 Å². The fourth-order valence-corrected chi connectivity index (χ4v) is 2.79. The molecule has 4 heteroatoms. The van der Waals surface area contributed by atoms with Gasteiger partial charge in [-0.1, -0.05) is 36.8 Å². The van der Waals surface area contributed by atoms with Crippen molar-refractivity contribution in [3.05, 3.63) is 35.4 Å².